The van der Waals surface area contributed by atoms with Gasteiger partial charge in [0.2, 0.25) is 0 Å². The number of nitrogens with two attached hydrogens (primary N) is 1. The minimum absolute atomic E-state index is 0.0132. The van der Waals surface area contributed by atoms with Crippen LogP contribution in [0.4, 0.5) is 23.9 Å². The van der Waals surface area contributed by atoms with Gasteiger partial charge < -0.3 is 15.8 Å². The predicted octanol–water partition coefficient (Wildman–Crippen LogP) is 2.72. The van der Waals surface area contributed by atoms with Crippen LogP contribution < -0.4 is 15.8 Å². The third-order valence-electron chi connectivity index (χ3n) is 2.85. The number of hydrogen-bond acceptors (Lipinski definition) is 5. The van der Waals surface area contributed by atoms with Gasteiger partial charge in [-0.1, -0.05) is 0 Å². The first kappa shape index (κ1) is 12.8. The Kier molecular flexibility index (Phi) is 2.81. The van der Waals surface area contributed by atoms with Gasteiger partial charge in [0.25, 0.3) is 0 Å². The molecule has 0 aliphatic heterocycles. The summed E-state index contributed by atoms with van der Waals surface area (Å²) in [6, 6.07) is 1.83. The third-order valence-corrected chi connectivity index (χ3v) is 3.86. The summed E-state index contributed by atoms with van der Waals surface area (Å²) >= 11 is 0.871. The number of nitriles is 1. The van der Waals surface area contributed by atoms with Gasteiger partial charge in [-0.2, -0.15) is 18.4 Å². The Morgan fingerprint density at radius 3 is 2.50 bits per heavy atom. The summed E-state index contributed by atoms with van der Waals surface area (Å²) in [6.07, 6.45) is -4.30. The van der Waals surface area contributed by atoms with E-state index in [-0.39, 0.29) is 34.2 Å². The molecule has 4 nitrogen and oxygen atoms in total. The number of methoxy groups -OCH3 is 1. The lowest BCUT2D eigenvalue weighted by atomic mass is 10.2. The number of nitrogens with one attached hydrogen (secondary N) is 1. The van der Waals surface area contributed by atoms with Gasteiger partial charge in [0.05, 0.1) is 7.11 Å². The molecule has 3 N–H and O–H groups in total. The van der Waals surface area contributed by atoms with Crippen LogP contribution in [0.5, 0.6) is 5.75 Å². The molecule has 0 unspecified atom stereocenters. The molecule has 0 aromatic carbocycles. The van der Waals surface area contributed by atoms with E-state index >= 15 is 0 Å². The van der Waals surface area contributed by atoms with Crippen LogP contribution in [0.15, 0.2) is 0 Å². The molecule has 0 radical (unpaired) electrons. The first-order chi connectivity index (χ1) is 8.34. The van der Waals surface area contributed by atoms with Gasteiger partial charge in [0, 0.05) is 0 Å². The second-order valence-corrected chi connectivity index (χ2v) is 5.04. The van der Waals surface area contributed by atoms with Crippen molar-refractivity contribution in [3.63, 3.8) is 0 Å². The molecule has 2 rings (SSSR count). The van der Waals surface area contributed by atoms with Crippen molar-refractivity contribution in [3.05, 3.63) is 4.88 Å². The number of hydrogen-bond donors (Lipinski definition) is 2. The largest absolute Gasteiger partial charge is 0.492 e. The molecule has 1 heterocycles. The van der Waals surface area contributed by atoms with E-state index in [1.54, 1.807) is 0 Å². The first-order valence-electron chi connectivity index (χ1n) is 5.06. The SMILES string of the molecule is COc1c(NC2(C(F)(F)F)CC2)sc(C#N)c1N. The predicted molar refractivity (Wildman–Crippen MR) is 61.6 cm³/mol. The van der Waals surface area contributed by atoms with Gasteiger partial charge in [-0.25, -0.2) is 0 Å². The van der Waals surface area contributed by atoms with Crippen molar-refractivity contribution < 1.29 is 17.9 Å². The summed E-state index contributed by atoms with van der Waals surface area (Å²) < 4.78 is 43.4. The zero-order chi connectivity index (χ0) is 13.6. The highest BCUT2D eigenvalue weighted by atomic mass is 32.1. The second kappa shape index (κ2) is 3.95. The Morgan fingerprint density at radius 2 is 2.11 bits per heavy atom. The van der Waals surface area contributed by atoms with Gasteiger partial charge in [0.1, 0.15) is 27.2 Å². The Hall–Kier alpha value is -1.62. The highest BCUT2D eigenvalue weighted by molar-refractivity contribution is 7.17. The van der Waals surface area contributed by atoms with E-state index < -0.39 is 11.7 Å². The quantitative estimate of drug-likeness (QED) is 0.891. The van der Waals surface area contributed by atoms with E-state index in [1.165, 1.54) is 7.11 Å². The van der Waals surface area contributed by atoms with E-state index in [0.29, 0.717) is 0 Å². The highest BCUT2D eigenvalue weighted by Crippen LogP contribution is 2.54. The zero-order valence-electron chi connectivity index (χ0n) is 9.39. The molecular formula is C10H10F3N3OS. The van der Waals surface area contributed by atoms with E-state index in [0.717, 1.165) is 11.3 Å². The number of rotatable bonds is 3. The Balaban J connectivity index is 2.34. The maximum absolute atomic E-state index is 12.8. The number of nitrogen functional groups attached to an aromatic ring is 1. The molecule has 0 atom stereocenters. The number of thiophene rings is 1. The van der Waals surface area contributed by atoms with Crippen molar-refractivity contribution >= 4 is 22.0 Å². The fourth-order valence-electron chi connectivity index (χ4n) is 1.62. The van der Waals surface area contributed by atoms with Gasteiger partial charge in [-0.05, 0) is 12.8 Å². The van der Waals surface area contributed by atoms with Crippen LogP contribution >= 0.6 is 11.3 Å². The zero-order valence-corrected chi connectivity index (χ0v) is 10.2. The van der Waals surface area contributed by atoms with Crippen LogP contribution in [0.1, 0.15) is 17.7 Å². The molecule has 98 valence electrons. The lowest BCUT2D eigenvalue weighted by molar-refractivity contribution is -0.151. The molecule has 18 heavy (non-hydrogen) atoms. The van der Waals surface area contributed by atoms with Crippen molar-refractivity contribution in [2.75, 3.05) is 18.2 Å². The van der Waals surface area contributed by atoms with Gasteiger partial charge in [-0.3, -0.25) is 0 Å². The monoisotopic (exact) mass is 277 g/mol. The Bertz CT molecular complexity index is 514. The molecule has 1 aliphatic rings. The minimum atomic E-state index is -4.33. The lowest BCUT2D eigenvalue weighted by Gasteiger charge is -2.21. The molecule has 1 aromatic rings. The normalized spacial score (nSPS) is 17.1. The van der Waals surface area contributed by atoms with Crippen LogP contribution in [-0.4, -0.2) is 18.8 Å². The van der Waals surface area contributed by atoms with E-state index in [2.05, 4.69) is 5.32 Å². The molecule has 8 heteroatoms. The maximum Gasteiger partial charge on any atom is 0.411 e. The average molecular weight is 277 g/mol. The summed E-state index contributed by atoms with van der Waals surface area (Å²) in [7, 11) is 1.30. The molecule has 1 saturated carbocycles. The van der Waals surface area contributed by atoms with Crippen LogP contribution in [0.3, 0.4) is 0 Å². The first-order valence-corrected chi connectivity index (χ1v) is 5.87. The van der Waals surface area contributed by atoms with E-state index in [1.807, 2.05) is 6.07 Å². The molecule has 0 spiro atoms. The van der Waals surface area contributed by atoms with E-state index in [9.17, 15) is 13.2 Å². The van der Waals surface area contributed by atoms with Crippen molar-refractivity contribution in [1.82, 2.24) is 0 Å². The second-order valence-electron chi connectivity index (χ2n) is 4.02. The number of halogens is 3. The fourth-order valence-corrected chi connectivity index (χ4v) is 2.60. The van der Waals surface area contributed by atoms with Crippen LogP contribution in [0, 0.1) is 11.3 Å². The standard InChI is InChI=1S/C10H10F3N3OS/c1-17-7-6(15)5(4-14)18-8(7)16-9(2-3-9)10(11,12)13/h16H,2-3,15H2,1H3. The minimum Gasteiger partial charge on any atom is -0.492 e. The maximum atomic E-state index is 12.8. The molecule has 0 bridgehead atoms. The van der Waals surface area contributed by atoms with Crippen LogP contribution in [0.25, 0.3) is 0 Å². The van der Waals surface area contributed by atoms with Crippen molar-refractivity contribution in [2.24, 2.45) is 0 Å². The molecule has 0 amide bonds. The van der Waals surface area contributed by atoms with Crippen molar-refractivity contribution in [2.45, 2.75) is 24.6 Å². The molecule has 1 fully saturated rings. The van der Waals surface area contributed by atoms with Crippen molar-refractivity contribution in [3.8, 4) is 11.8 Å². The summed E-state index contributed by atoms with van der Waals surface area (Å²) in [5.41, 5.74) is 3.79. The summed E-state index contributed by atoms with van der Waals surface area (Å²) in [5.74, 6) is 0.104. The average Bonchev–Trinajstić information content (AvgIpc) is 3.00. The fraction of sp³-hybridized carbons (Fsp3) is 0.500. The number of anilines is 2. The Labute approximate surface area is 105 Å². The van der Waals surface area contributed by atoms with Gasteiger partial charge in [-0.15, -0.1) is 11.3 Å². The molecule has 1 aromatic heterocycles. The highest BCUT2D eigenvalue weighted by Gasteiger charge is 2.64. The molecule has 0 saturated heterocycles. The van der Waals surface area contributed by atoms with E-state index in [4.69, 9.17) is 15.7 Å². The summed E-state index contributed by atoms with van der Waals surface area (Å²) in [4.78, 5) is 0.146. The number of nitrogens with zero attached hydrogens (tertiary/aromatic N) is 1. The molecular weight excluding hydrogens is 267 g/mol. The van der Waals surface area contributed by atoms with Crippen LogP contribution in [0.2, 0.25) is 0 Å². The van der Waals surface area contributed by atoms with Crippen molar-refractivity contribution in [1.29, 1.82) is 5.26 Å². The number of alkyl halides is 3. The number of ether oxygens (including phenoxy) is 1. The van der Waals surface area contributed by atoms with Gasteiger partial charge >= 0.3 is 6.18 Å². The topological polar surface area (TPSA) is 71.1 Å². The molecule has 1 aliphatic carbocycles. The summed E-state index contributed by atoms with van der Waals surface area (Å²) in [5, 5.41) is 11.4. The Morgan fingerprint density at radius 1 is 1.50 bits per heavy atom. The smallest absolute Gasteiger partial charge is 0.411 e. The van der Waals surface area contributed by atoms with Crippen LogP contribution in [-0.2, 0) is 0 Å². The van der Waals surface area contributed by atoms with Gasteiger partial charge in [0.15, 0.2) is 5.75 Å². The third kappa shape index (κ3) is 1.84. The summed E-state index contributed by atoms with van der Waals surface area (Å²) in [6.45, 7) is 0. The lowest BCUT2D eigenvalue weighted by Crippen LogP contribution is -2.38.